The zero-order valence-electron chi connectivity index (χ0n) is 17.6. The maximum Gasteiger partial charge on any atom is 0.208 e. The number of halogens is 2. The van der Waals surface area contributed by atoms with Crippen LogP contribution in [0.2, 0.25) is 0 Å². The first kappa shape index (κ1) is 20.6. The van der Waals surface area contributed by atoms with E-state index >= 15 is 4.39 Å². The van der Waals surface area contributed by atoms with Gasteiger partial charge >= 0.3 is 0 Å². The van der Waals surface area contributed by atoms with Crippen molar-refractivity contribution in [1.82, 2.24) is 25.1 Å². The number of nitrogens with one attached hydrogen (secondary N) is 2. The van der Waals surface area contributed by atoms with E-state index < -0.39 is 12.0 Å². The molecule has 4 heterocycles. The van der Waals surface area contributed by atoms with Crippen molar-refractivity contribution in [3.63, 3.8) is 0 Å². The van der Waals surface area contributed by atoms with Gasteiger partial charge in [-0.05, 0) is 32.1 Å². The highest BCUT2D eigenvalue weighted by atomic mass is 19.1. The minimum absolute atomic E-state index is 0.218. The summed E-state index contributed by atoms with van der Waals surface area (Å²) in [6.07, 6.45) is 6.08. The van der Waals surface area contributed by atoms with Crippen molar-refractivity contribution in [3.05, 3.63) is 23.9 Å². The van der Waals surface area contributed by atoms with E-state index in [0.29, 0.717) is 23.6 Å². The lowest BCUT2D eigenvalue weighted by Crippen LogP contribution is -2.56. The van der Waals surface area contributed by atoms with E-state index in [9.17, 15) is 4.39 Å². The fourth-order valence-electron chi connectivity index (χ4n) is 3.81. The molecule has 2 aliphatic carbocycles. The third-order valence-electron chi connectivity index (χ3n) is 6.33. The second-order valence-electron chi connectivity index (χ2n) is 8.68. The molecule has 4 fully saturated rings. The predicted octanol–water partition coefficient (Wildman–Crippen LogP) is 2.99. The van der Waals surface area contributed by atoms with Crippen LogP contribution in [0, 0.1) is 5.82 Å². The summed E-state index contributed by atoms with van der Waals surface area (Å²) >= 11 is 0. The number of aromatic nitrogens is 4. The summed E-state index contributed by atoms with van der Waals surface area (Å²) in [5.41, 5.74) is 0. The van der Waals surface area contributed by atoms with Crippen molar-refractivity contribution in [2.24, 2.45) is 0 Å². The van der Waals surface area contributed by atoms with E-state index in [2.05, 4.69) is 30.4 Å². The van der Waals surface area contributed by atoms with Gasteiger partial charge in [-0.3, -0.25) is 10.00 Å². The number of alkyl halides is 1. The number of hydrogen-bond donors (Lipinski definition) is 2. The first-order valence-electron chi connectivity index (χ1n) is 11.2. The molecule has 0 atom stereocenters. The van der Waals surface area contributed by atoms with Gasteiger partial charge in [-0.15, -0.1) is 0 Å². The average molecular weight is 434 g/mol. The zero-order chi connectivity index (χ0) is 21.2. The number of aromatic amines is 1. The van der Waals surface area contributed by atoms with Crippen molar-refractivity contribution in [2.75, 3.05) is 49.6 Å². The van der Waals surface area contributed by atoms with E-state index in [4.69, 9.17) is 4.74 Å². The van der Waals surface area contributed by atoms with E-state index in [1.54, 1.807) is 12.3 Å². The summed E-state index contributed by atoms with van der Waals surface area (Å²) in [5.74, 6) is 1.93. The topological polar surface area (TPSA) is 82.2 Å². The van der Waals surface area contributed by atoms with Crippen LogP contribution < -0.4 is 10.2 Å². The van der Waals surface area contributed by atoms with Crippen molar-refractivity contribution >= 4 is 17.5 Å². The van der Waals surface area contributed by atoms with E-state index in [-0.39, 0.29) is 5.82 Å². The number of anilines is 3. The summed E-state index contributed by atoms with van der Waals surface area (Å²) in [5, 5.41) is 9.68. The zero-order valence-corrected chi connectivity index (χ0v) is 17.6. The Kier molecular flexibility index (Phi) is 5.99. The average Bonchev–Trinajstić information content (AvgIpc) is 3.45. The molecule has 2 saturated carbocycles. The first-order chi connectivity index (χ1) is 15.2. The van der Waals surface area contributed by atoms with Crippen LogP contribution in [0.15, 0.2) is 12.3 Å². The Morgan fingerprint density at radius 2 is 1.81 bits per heavy atom. The number of H-pyrrole nitrogens is 1. The van der Waals surface area contributed by atoms with Crippen molar-refractivity contribution in [1.29, 1.82) is 0 Å². The summed E-state index contributed by atoms with van der Waals surface area (Å²) in [6.45, 7) is 4.95. The minimum Gasteiger partial charge on any atom is -0.378 e. The summed E-state index contributed by atoms with van der Waals surface area (Å²) < 4.78 is 31.9. The highest BCUT2D eigenvalue weighted by Gasteiger charge is 2.33. The lowest BCUT2D eigenvalue weighted by Gasteiger charge is -2.42. The second kappa shape index (κ2) is 9.04. The maximum absolute atomic E-state index is 15.1. The number of rotatable bonds is 5. The van der Waals surface area contributed by atoms with Crippen molar-refractivity contribution < 1.29 is 13.5 Å². The van der Waals surface area contributed by atoms with Crippen LogP contribution in [0.5, 0.6) is 0 Å². The normalized spacial score (nSPS) is 22.3. The van der Waals surface area contributed by atoms with Gasteiger partial charge in [-0.1, -0.05) is 0 Å². The Labute approximate surface area is 180 Å². The van der Waals surface area contributed by atoms with Crippen LogP contribution in [-0.2, 0) is 4.74 Å². The molecule has 0 unspecified atom stereocenters. The third kappa shape index (κ3) is 4.79. The van der Waals surface area contributed by atoms with Crippen molar-refractivity contribution in [3.8, 4) is 0 Å². The molecule has 31 heavy (non-hydrogen) atoms. The van der Waals surface area contributed by atoms with Crippen LogP contribution in [0.25, 0.3) is 0 Å². The number of piperazine rings is 1. The molecule has 10 heteroatoms. The highest BCUT2D eigenvalue weighted by Crippen LogP contribution is 2.40. The van der Waals surface area contributed by atoms with Crippen LogP contribution >= 0.6 is 0 Å². The minimum atomic E-state index is -0.435. The largest absolute Gasteiger partial charge is 0.378 e. The lowest BCUT2D eigenvalue weighted by atomic mass is 9.98. The fourth-order valence-corrected chi connectivity index (χ4v) is 3.81. The Morgan fingerprint density at radius 1 is 1.06 bits per heavy atom. The molecule has 2 saturated heterocycles. The molecule has 2 aliphatic heterocycles. The van der Waals surface area contributed by atoms with Gasteiger partial charge in [-0.25, -0.2) is 14.4 Å². The molecule has 4 aliphatic rings. The van der Waals surface area contributed by atoms with Crippen molar-refractivity contribution in [2.45, 2.75) is 50.2 Å². The summed E-state index contributed by atoms with van der Waals surface area (Å²) in [6, 6.07) is 2.27. The van der Waals surface area contributed by atoms with E-state index in [1.807, 2.05) is 4.90 Å². The van der Waals surface area contributed by atoms with Gasteiger partial charge in [0.2, 0.25) is 5.82 Å². The van der Waals surface area contributed by atoms with Crippen LogP contribution in [-0.4, -0.2) is 76.7 Å². The SMILES string of the molecule is FC1CCC1.Fc1c(Nc2ccn[nH]2)nc(C2CC2)nc1N1CCN(C2COC2)CC1. The number of ether oxygens (including phenoxy) is 1. The second-order valence-corrected chi connectivity index (χ2v) is 8.68. The molecule has 0 bridgehead atoms. The Balaban J connectivity index is 0.000000361. The van der Waals surface area contributed by atoms with Gasteiger partial charge in [0, 0.05) is 38.2 Å². The standard InChI is InChI=1S/C17H22FN7O.C4H7F/c18-14-16(20-13-3-4-19-23-13)21-15(11-1-2-11)22-17(14)25-7-5-24(6-8-25)12-9-26-10-12;5-4-2-1-3-4/h3-4,11-12H,1-2,5-10H2,(H2,19,20,21,22,23);4H,1-3H2. The van der Waals surface area contributed by atoms with Crippen LogP contribution in [0.3, 0.4) is 0 Å². The van der Waals surface area contributed by atoms with Gasteiger partial charge in [0.15, 0.2) is 11.6 Å². The third-order valence-corrected chi connectivity index (χ3v) is 6.33. The Morgan fingerprint density at radius 3 is 2.32 bits per heavy atom. The number of nitrogens with zero attached hydrogens (tertiary/aromatic N) is 5. The summed E-state index contributed by atoms with van der Waals surface area (Å²) in [4.78, 5) is 13.5. The van der Waals surface area contributed by atoms with Crippen LogP contribution in [0.1, 0.15) is 43.8 Å². The van der Waals surface area contributed by atoms with Gasteiger partial charge in [0.25, 0.3) is 0 Å². The molecule has 2 aromatic heterocycles. The molecule has 0 amide bonds. The molecule has 0 spiro atoms. The summed E-state index contributed by atoms with van der Waals surface area (Å²) in [7, 11) is 0. The quantitative estimate of drug-likeness (QED) is 0.750. The maximum atomic E-state index is 15.1. The van der Waals surface area contributed by atoms with Gasteiger partial charge in [0.1, 0.15) is 17.8 Å². The Bertz CT molecular complexity index is 861. The van der Waals surface area contributed by atoms with E-state index in [0.717, 1.165) is 77.3 Å². The molecule has 0 radical (unpaired) electrons. The monoisotopic (exact) mass is 433 g/mol. The lowest BCUT2D eigenvalue weighted by molar-refractivity contribution is -0.0661. The van der Waals surface area contributed by atoms with Gasteiger partial charge < -0.3 is 15.0 Å². The Hall–Kier alpha value is -2.33. The molecule has 6 rings (SSSR count). The molecule has 168 valence electrons. The predicted molar refractivity (Wildman–Crippen MR) is 113 cm³/mol. The van der Waals surface area contributed by atoms with Gasteiger partial charge in [0.05, 0.1) is 25.5 Å². The first-order valence-corrected chi connectivity index (χ1v) is 11.2. The molecule has 2 N–H and O–H groups in total. The molecule has 2 aromatic rings. The van der Waals surface area contributed by atoms with Gasteiger partial charge in [-0.2, -0.15) is 9.49 Å². The molecular weight excluding hydrogens is 404 g/mol. The highest BCUT2D eigenvalue weighted by molar-refractivity contribution is 5.58. The number of hydrogen-bond acceptors (Lipinski definition) is 7. The molecule has 8 nitrogen and oxygen atoms in total. The molecular formula is C21H29F2N7O. The smallest absolute Gasteiger partial charge is 0.208 e. The van der Waals surface area contributed by atoms with Crippen LogP contribution in [0.4, 0.5) is 26.2 Å². The van der Waals surface area contributed by atoms with E-state index in [1.165, 1.54) is 0 Å². The fraction of sp³-hybridized carbons (Fsp3) is 0.667. The molecule has 0 aromatic carbocycles.